The molecule has 2 aromatic carbocycles. The zero-order chi connectivity index (χ0) is 19.1. The second kappa shape index (κ2) is 8.71. The lowest BCUT2D eigenvalue weighted by atomic mass is 10.2. The third kappa shape index (κ3) is 4.98. The molecule has 0 spiro atoms. The lowest BCUT2D eigenvalue weighted by Gasteiger charge is -2.09. The molecule has 6 nitrogen and oxygen atoms in total. The van der Waals surface area contributed by atoms with Gasteiger partial charge in [0.15, 0.2) is 5.76 Å². The number of carbonyl (C=O) groups is 2. The number of anilines is 2. The average Bonchev–Trinajstić information content (AvgIpc) is 3.23. The van der Waals surface area contributed by atoms with Crippen molar-refractivity contribution in [2.45, 2.75) is 13.3 Å². The van der Waals surface area contributed by atoms with Gasteiger partial charge in [-0.3, -0.25) is 9.59 Å². The number of carbonyl (C=O) groups excluding carboxylic acids is 2. The van der Waals surface area contributed by atoms with Crippen LogP contribution < -0.4 is 15.4 Å². The van der Waals surface area contributed by atoms with Gasteiger partial charge >= 0.3 is 0 Å². The molecular weight excluding hydrogens is 344 g/mol. The van der Waals surface area contributed by atoms with E-state index in [0.717, 1.165) is 6.42 Å². The van der Waals surface area contributed by atoms with Crippen LogP contribution in [0, 0.1) is 0 Å². The maximum atomic E-state index is 12.4. The van der Waals surface area contributed by atoms with E-state index in [9.17, 15) is 9.59 Å². The maximum absolute atomic E-state index is 12.4. The molecule has 2 amide bonds. The fourth-order valence-corrected chi connectivity index (χ4v) is 2.39. The van der Waals surface area contributed by atoms with Gasteiger partial charge in [-0.2, -0.15) is 0 Å². The highest BCUT2D eigenvalue weighted by Crippen LogP contribution is 2.18. The SMILES string of the molecule is CCCOc1cccc(C(=O)Nc2ccc(NC(=O)c3ccco3)cc2)c1. The molecule has 6 heteroatoms. The molecule has 3 aromatic rings. The van der Waals surface area contributed by atoms with Crippen LogP contribution in [0.1, 0.15) is 34.3 Å². The molecule has 27 heavy (non-hydrogen) atoms. The number of amides is 2. The number of hydrogen-bond donors (Lipinski definition) is 2. The Kier molecular flexibility index (Phi) is 5.89. The molecule has 0 saturated carbocycles. The first-order valence-electron chi connectivity index (χ1n) is 8.65. The minimum atomic E-state index is -0.333. The van der Waals surface area contributed by atoms with Gasteiger partial charge in [-0.05, 0) is 61.0 Å². The zero-order valence-corrected chi connectivity index (χ0v) is 14.9. The topological polar surface area (TPSA) is 80.6 Å². The van der Waals surface area contributed by atoms with E-state index in [1.54, 1.807) is 54.6 Å². The molecule has 0 aliphatic carbocycles. The third-order valence-corrected chi connectivity index (χ3v) is 3.71. The Morgan fingerprint density at radius 3 is 2.26 bits per heavy atom. The van der Waals surface area contributed by atoms with E-state index in [4.69, 9.17) is 9.15 Å². The fourth-order valence-electron chi connectivity index (χ4n) is 2.39. The smallest absolute Gasteiger partial charge is 0.291 e. The third-order valence-electron chi connectivity index (χ3n) is 3.71. The molecule has 1 aromatic heterocycles. The van der Waals surface area contributed by atoms with Crippen LogP contribution in [-0.4, -0.2) is 18.4 Å². The van der Waals surface area contributed by atoms with Crippen molar-refractivity contribution in [3.05, 3.63) is 78.3 Å². The van der Waals surface area contributed by atoms with Crippen LogP contribution in [-0.2, 0) is 0 Å². The predicted molar refractivity (Wildman–Crippen MR) is 103 cm³/mol. The first-order valence-corrected chi connectivity index (χ1v) is 8.65. The van der Waals surface area contributed by atoms with Gasteiger partial charge in [-0.25, -0.2) is 0 Å². The number of furan rings is 1. The highest BCUT2D eigenvalue weighted by molar-refractivity contribution is 6.05. The van der Waals surface area contributed by atoms with Crippen LogP contribution >= 0.6 is 0 Å². The summed E-state index contributed by atoms with van der Waals surface area (Å²) in [4.78, 5) is 24.4. The summed E-state index contributed by atoms with van der Waals surface area (Å²) < 4.78 is 10.6. The summed E-state index contributed by atoms with van der Waals surface area (Å²) in [5.74, 6) is 0.336. The second-order valence-electron chi connectivity index (χ2n) is 5.84. The number of hydrogen-bond acceptors (Lipinski definition) is 4. The zero-order valence-electron chi connectivity index (χ0n) is 14.9. The van der Waals surface area contributed by atoms with Crippen molar-refractivity contribution in [1.82, 2.24) is 0 Å². The van der Waals surface area contributed by atoms with Crippen LogP contribution in [0.2, 0.25) is 0 Å². The van der Waals surface area contributed by atoms with Crippen molar-refractivity contribution in [2.75, 3.05) is 17.2 Å². The van der Waals surface area contributed by atoms with E-state index < -0.39 is 0 Å². The van der Waals surface area contributed by atoms with Crippen molar-refractivity contribution in [2.24, 2.45) is 0 Å². The highest BCUT2D eigenvalue weighted by Gasteiger charge is 2.10. The summed E-state index contributed by atoms with van der Waals surface area (Å²) in [5, 5.41) is 5.55. The van der Waals surface area contributed by atoms with Crippen molar-refractivity contribution in [3.8, 4) is 5.75 Å². The van der Waals surface area contributed by atoms with E-state index in [1.807, 2.05) is 13.0 Å². The van der Waals surface area contributed by atoms with Gasteiger partial charge in [0.05, 0.1) is 12.9 Å². The molecule has 0 unspecified atom stereocenters. The van der Waals surface area contributed by atoms with Gasteiger partial charge in [0, 0.05) is 16.9 Å². The quantitative estimate of drug-likeness (QED) is 0.643. The van der Waals surface area contributed by atoms with Crippen molar-refractivity contribution >= 4 is 23.2 Å². The summed E-state index contributed by atoms with van der Waals surface area (Å²) in [7, 11) is 0. The number of ether oxygens (including phenoxy) is 1. The van der Waals surface area contributed by atoms with Gasteiger partial charge in [-0.15, -0.1) is 0 Å². The lowest BCUT2D eigenvalue weighted by Crippen LogP contribution is -2.13. The Labute approximate surface area is 157 Å². The van der Waals surface area contributed by atoms with Crippen molar-refractivity contribution < 1.29 is 18.7 Å². The van der Waals surface area contributed by atoms with Gasteiger partial charge in [0.25, 0.3) is 11.8 Å². The molecule has 0 aliphatic rings. The van der Waals surface area contributed by atoms with E-state index in [1.165, 1.54) is 6.26 Å². The Bertz CT molecular complexity index is 902. The molecule has 138 valence electrons. The van der Waals surface area contributed by atoms with Crippen LogP contribution in [0.25, 0.3) is 0 Å². The summed E-state index contributed by atoms with van der Waals surface area (Å²) in [6.07, 6.45) is 2.34. The molecule has 1 heterocycles. The summed E-state index contributed by atoms with van der Waals surface area (Å²) in [6.45, 7) is 2.63. The van der Waals surface area contributed by atoms with Gasteiger partial charge in [0.1, 0.15) is 5.75 Å². The second-order valence-corrected chi connectivity index (χ2v) is 5.84. The summed E-state index contributed by atoms with van der Waals surface area (Å²) in [5.41, 5.74) is 1.74. The van der Waals surface area contributed by atoms with Gasteiger partial charge in [-0.1, -0.05) is 13.0 Å². The predicted octanol–water partition coefficient (Wildman–Crippen LogP) is 4.57. The Balaban J connectivity index is 1.61. The molecule has 0 radical (unpaired) electrons. The first kappa shape index (κ1) is 18.3. The van der Waals surface area contributed by atoms with Crippen LogP contribution in [0.15, 0.2) is 71.3 Å². The van der Waals surface area contributed by atoms with Crippen LogP contribution in [0.3, 0.4) is 0 Å². The molecule has 0 fully saturated rings. The molecule has 0 saturated heterocycles. The Morgan fingerprint density at radius 1 is 0.926 bits per heavy atom. The molecule has 0 aliphatic heterocycles. The largest absolute Gasteiger partial charge is 0.494 e. The monoisotopic (exact) mass is 364 g/mol. The normalized spacial score (nSPS) is 10.3. The fraction of sp³-hybridized carbons (Fsp3) is 0.143. The molecule has 0 bridgehead atoms. The van der Waals surface area contributed by atoms with E-state index in [2.05, 4.69) is 10.6 Å². The molecule has 3 rings (SSSR count). The van der Waals surface area contributed by atoms with Gasteiger partial charge < -0.3 is 19.8 Å². The van der Waals surface area contributed by atoms with E-state index >= 15 is 0 Å². The van der Waals surface area contributed by atoms with E-state index in [-0.39, 0.29) is 17.6 Å². The number of benzene rings is 2. The number of rotatable bonds is 7. The summed E-state index contributed by atoms with van der Waals surface area (Å²) >= 11 is 0. The van der Waals surface area contributed by atoms with E-state index in [0.29, 0.717) is 29.3 Å². The molecular formula is C21H20N2O4. The maximum Gasteiger partial charge on any atom is 0.291 e. The van der Waals surface area contributed by atoms with Gasteiger partial charge in [0.2, 0.25) is 0 Å². The van der Waals surface area contributed by atoms with Crippen molar-refractivity contribution in [3.63, 3.8) is 0 Å². The first-order chi connectivity index (χ1) is 13.2. The van der Waals surface area contributed by atoms with Crippen LogP contribution in [0.5, 0.6) is 5.75 Å². The highest BCUT2D eigenvalue weighted by atomic mass is 16.5. The lowest BCUT2D eigenvalue weighted by molar-refractivity contribution is 0.0994. The van der Waals surface area contributed by atoms with Crippen molar-refractivity contribution in [1.29, 1.82) is 0 Å². The Hall–Kier alpha value is -3.54. The molecule has 2 N–H and O–H groups in total. The standard InChI is InChI=1S/C21H20N2O4/c1-2-12-26-18-6-3-5-15(14-18)20(24)22-16-8-10-17(11-9-16)23-21(25)19-7-4-13-27-19/h3-11,13-14H,2,12H2,1H3,(H,22,24)(H,23,25). The Morgan fingerprint density at radius 2 is 1.63 bits per heavy atom. The molecule has 0 atom stereocenters. The van der Waals surface area contributed by atoms with Crippen LogP contribution in [0.4, 0.5) is 11.4 Å². The minimum absolute atomic E-state index is 0.232. The summed E-state index contributed by atoms with van der Waals surface area (Å²) in [6, 6.07) is 17.1. The average molecular weight is 364 g/mol. The number of nitrogens with one attached hydrogen (secondary N) is 2. The minimum Gasteiger partial charge on any atom is -0.494 e.